The zero-order chi connectivity index (χ0) is 25.4. The summed E-state index contributed by atoms with van der Waals surface area (Å²) in [6, 6.07) is 0. The van der Waals surface area contributed by atoms with Crippen molar-refractivity contribution < 1.29 is 23.4 Å². The van der Waals surface area contributed by atoms with Gasteiger partial charge in [-0.1, -0.05) is 20.8 Å². The van der Waals surface area contributed by atoms with Crippen LogP contribution in [-0.2, 0) is 14.6 Å². The molecule has 0 aromatic heterocycles. The van der Waals surface area contributed by atoms with Gasteiger partial charge < -0.3 is 14.9 Å². The third kappa shape index (κ3) is 3.18. The SMILES string of the molecule is CC(C)(O)C(C1CCC2C(CC3C4CCC5C(C)(C)C(O)CCC56CC46CCC23C)O1)S(C)(=O)=O. The average molecular weight is 509 g/mol. The van der Waals surface area contributed by atoms with E-state index in [1.165, 1.54) is 44.8 Å². The second kappa shape index (κ2) is 7.27. The second-order valence-electron chi connectivity index (χ2n) is 15.2. The lowest BCUT2D eigenvalue weighted by Crippen LogP contribution is -2.55. The van der Waals surface area contributed by atoms with E-state index in [0.717, 1.165) is 31.6 Å². The van der Waals surface area contributed by atoms with Gasteiger partial charge in [-0.15, -0.1) is 0 Å². The van der Waals surface area contributed by atoms with Crippen LogP contribution in [0, 0.1) is 45.3 Å². The topological polar surface area (TPSA) is 83.8 Å². The molecule has 6 aliphatic rings. The van der Waals surface area contributed by atoms with E-state index in [4.69, 9.17) is 4.74 Å². The zero-order valence-electron chi connectivity index (χ0n) is 22.7. The van der Waals surface area contributed by atoms with E-state index in [2.05, 4.69) is 20.8 Å². The molecule has 2 N–H and O–H groups in total. The normalized spacial score (nSPS) is 53.4. The van der Waals surface area contributed by atoms with Crippen molar-refractivity contribution in [1.82, 2.24) is 0 Å². The lowest BCUT2D eigenvalue weighted by molar-refractivity contribution is -0.136. The summed E-state index contributed by atoms with van der Waals surface area (Å²) in [6.45, 7) is 10.4. The molecule has 1 saturated heterocycles. The van der Waals surface area contributed by atoms with E-state index >= 15 is 0 Å². The first-order valence-corrected chi connectivity index (χ1v) is 16.3. The predicted molar refractivity (Wildman–Crippen MR) is 136 cm³/mol. The van der Waals surface area contributed by atoms with Crippen LogP contribution in [0.4, 0.5) is 0 Å². The van der Waals surface area contributed by atoms with Crippen molar-refractivity contribution in [2.75, 3.05) is 6.26 Å². The first-order chi connectivity index (χ1) is 16.1. The molecule has 6 rings (SSSR count). The number of fused-ring (bicyclic) bond motifs is 4. The second-order valence-corrected chi connectivity index (χ2v) is 17.4. The molecule has 5 aliphatic carbocycles. The Labute approximate surface area is 212 Å². The van der Waals surface area contributed by atoms with Crippen LogP contribution in [0.2, 0.25) is 0 Å². The van der Waals surface area contributed by atoms with E-state index in [-0.39, 0.29) is 23.0 Å². The Balaban J connectivity index is 1.27. The van der Waals surface area contributed by atoms with Crippen LogP contribution in [0.1, 0.15) is 98.8 Å². The Morgan fingerprint density at radius 3 is 2.26 bits per heavy atom. The maximum atomic E-state index is 12.7. The van der Waals surface area contributed by atoms with Crippen LogP contribution in [0.5, 0.6) is 0 Å². The highest BCUT2D eigenvalue weighted by Crippen LogP contribution is 2.87. The molecule has 0 radical (unpaired) electrons. The molecule has 0 amide bonds. The molecule has 5 nitrogen and oxygen atoms in total. The van der Waals surface area contributed by atoms with Crippen LogP contribution < -0.4 is 0 Å². The van der Waals surface area contributed by atoms with Crippen LogP contribution in [-0.4, -0.2) is 54.0 Å². The van der Waals surface area contributed by atoms with E-state index in [1.807, 2.05) is 0 Å². The molecule has 5 saturated carbocycles. The maximum Gasteiger partial charge on any atom is 0.155 e. The van der Waals surface area contributed by atoms with Crippen LogP contribution >= 0.6 is 0 Å². The monoisotopic (exact) mass is 508 g/mol. The van der Waals surface area contributed by atoms with Crippen LogP contribution in [0.15, 0.2) is 0 Å². The molecule has 6 heteroatoms. The Bertz CT molecular complexity index is 999. The number of aliphatic hydroxyl groups is 2. The van der Waals surface area contributed by atoms with Gasteiger partial charge in [-0.3, -0.25) is 0 Å². The molecule has 0 bridgehead atoms. The van der Waals surface area contributed by atoms with Crippen molar-refractivity contribution in [1.29, 1.82) is 0 Å². The summed E-state index contributed by atoms with van der Waals surface area (Å²) in [4.78, 5) is 0. The summed E-state index contributed by atoms with van der Waals surface area (Å²) in [5, 5.41) is 20.7. The van der Waals surface area contributed by atoms with E-state index < -0.39 is 26.8 Å². The highest BCUT2D eigenvalue weighted by molar-refractivity contribution is 7.91. The van der Waals surface area contributed by atoms with Crippen molar-refractivity contribution in [3.05, 3.63) is 0 Å². The molecule has 11 unspecified atom stereocenters. The number of ether oxygens (including phenoxy) is 1. The molecule has 1 aliphatic heterocycles. The first-order valence-electron chi connectivity index (χ1n) is 14.3. The van der Waals surface area contributed by atoms with Gasteiger partial charge in [0.2, 0.25) is 0 Å². The maximum absolute atomic E-state index is 12.7. The molecular weight excluding hydrogens is 460 g/mol. The van der Waals surface area contributed by atoms with Crippen molar-refractivity contribution in [3.63, 3.8) is 0 Å². The van der Waals surface area contributed by atoms with E-state index in [0.29, 0.717) is 28.6 Å². The van der Waals surface area contributed by atoms with Gasteiger partial charge in [0.1, 0.15) is 5.25 Å². The number of aliphatic hydroxyl groups excluding tert-OH is 1. The summed E-state index contributed by atoms with van der Waals surface area (Å²) in [5.41, 5.74) is -0.111. The third-order valence-corrected chi connectivity index (χ3v) is 14.9. The summed E-state index contributed by atoms with van der Waals surface area (Å²) in [6.07, 6.45) is 12.2. The highest BCUT2D eigenvalue weighted by Gasteiger charge is 2.80. The van der Waals surface area contributed by atoms with Crippen molar-refractivity contribution in [3.8, 4) is 0 Å². The number of sulfone groups is 1. The minimum absolute atomic E-state index is 0.0191. The van der Waals surface area contributed by atoms with Gasteiger partial charge >= 0.3 is 0 Å². The van der Waals surface area contributed by atoms with Gasteiger partial charge in [0.05, 0.1) is 23.9 Å². The van der Waals surface area contributed by atoms with Crippen LogP contribution in [0.25, 0.3) is 0 Å². The molecule has 0 aromatic rings. The van der Waals surface area contributed by atoms with Crippen molar-refractivity contribution in [2.45, 2.75) is 128 Å². The largest absolute Gasteiger partial charge is 0.393 e. The standard InChI is InChI=1S/C29H48O5S/c1-25(2)22-10-8-17-19-15-21-18(7-9-20(34-21)24(26(3,4)31)35(6,32)33)27(19,5)13-14-28(17)16-29(22,28)12-11-23(25)30/h17-24,30-31H,7-16H2,1-6H3. The molecule has 200 valence electrons. The van der Waals surface area contributed by atoms with Gasteiger partial charge in [0.15, 0.2) is 9.84 Å². The fourth-order valence-electron chi connectivity index (χ4n) is 11.7. The Hall–Kier alpha value is -0.170. The summed E-state index contributed by atoms with van der Waals surface area (Å²) in [7, 11) is -3.44. The van der Waals surface area contributed by atoms with Gasteiger partial charge in [-0.05, 0) is 123 Å². The minimum atomic E-state index is -3.44. The van der Waals surface area contributed by atoms with E-state index in [1.54, 1.807) is 13.8 Å². The summed E-state index contributed by atoms with van der Waals surface area (Å²) in [5.74, 6) is 2.54. The van der Waals surface area contributed by atoms with Gasteiger partial charge in [-0.25, -0.2) is 8.42 Å². The Kier molecular flexibility index (Phi) is 5.22. The molecule has 1 heterocycles. The molecular formula is C29H48O5S. The lowest BCUT2D eigenvalue weighted by atomic mass is 9.46. The fraction of sp³-hybridized carbons (Fsp3) is 1.00. The van der Waals surface area contributed by atoms with Gasteiger partial charge in [0.25, 0.3) is 0 Å². The van der Waals surface area contributed by atoms with Gasteiger partial charge in [0, 0.05) is 6.26 Å². The predicted octanol–water partition coefficient (Wildman–Crippen LogP) is 4.74. The summed E-state index contributed by atoms with van der Waals surface area (Å²) < 4.78 is 32.0. The lowest BCUT2D eigenvalue weighted by Gasteiger charge is -2.59. The number of hydrogen-bond donors (Lipinski definition) is 2. The number of rotatable bonds is 3. The zero-order valence-corrected chi connectivity index (χ0v) is 23.5. The Morgan fingerprint density at radius 1 is 0.914 bits per heavy atom. The summed E-state index contributed by atoms with van der Waals surface area (Å²) >= 11 is 0. The van der Waals surface area contributed by atoms with Crippen molar-refractivity contribution in [2.24, 2.45) is 45.3 Å². The fourth-order valence-corrected chi connectivity index (χ4v) is 13.5. The smallest absolute Gasteiger partial charge is 0.155 e. The molecule has 35 heavy (non-hydrogen) atoms. The number of hydrogen-bond acceptors (Lipinski definition) is 5. The quantitative estimate of drug-likeness (QED) is 0.575. The van der Waals surface area contributed by atoms with Gasteiger partial charge in [-0.2, -0.15) is 0 Å². The molecule has 11 atom stereocenters. The molecule has 2 spiro atoms. The first kappa shape index (κ1) is 25.1. The third-order valence-electron chi connectivity index (χ3n) is 13.1. The van der Waals surface area contributed by atoms with Crippen molar-refractivity contribution >= 4 is 9.84 Å². The average Bonchev–Trinajstić information content (AvgIpc) is 3.30. The van der Waals surface area contributed by atoms with Crippen LogP contribution in [0.3, 0.4) is 0 Å². The van der Waals surface area contributed by atoms with E-state index in [9.17, 15) is 18.6 Å². The molecule has 6 fully saturated rings. The Morgan fingerprint density at radius 2 is 1.60 bits per heavy atom. The molecule has 0 aromatic carbocycles. The minimum Gasteiger partial charge on any atom is -0.393 e. The highest BCUT2D eigenvalue weighted by atomic mass is 32.2.